The number of nitrogens with one attached hydrogen (secondary N) is 1. The Hall–Kier alpha value is -0.940. The molecule has 0 amide bonds. The number of nitrogens with zero attached hydrogens (tertiary/aromatic N) is 4. The van der Waals surface area contributed by atoms with Gasteiger partial charge >= 0.3 is 0 Å². The van der Waals surface area contributed by atoms with Crippen molar-refractivity contribution >= 4 is 0 Å². The van der Waals surface area contributed by atoms with Crippen LogP contribution in [-0.4, -0.2) is 45.3 Å². The topological polar surface area (TPSA) is 46.0 Å². The first-order chi connectivity index (χ1) is 9.81. The van der Waals surface area contributed by atoms with E-state index < -0.39 is 0 Å². The van der Waals surface area contributed by atoms with Gasteiger partial charge in [-0.25, -0.2) is 9.67 Å². The molecule has 0 spiro atoms. The fourth-order valence-electron chi connectivity index (χ4n) is 2.92. The van der Waals surface area contributed by atoms with Crippen molar-refractivity contribution in [3.8, 4) is 0 Å². The lowest BCUT2D eigenvalue weighted by molar-refractivity contribution is 0.159. The summed E-state index contributed by atoms with van der Waals surface area (Å²) in [5.74, 6) is 1.05. The fraction of sp³-hybridized carbons (Fsp3) is 0.867. The Balaban J connectivity index is 1.60. The molecule has 1 aromatic rings. The van der Waals surface area contributed by atoms with E-state index in [0.29, 0.717) is 0 Å². The van der Waals surface area contributed by atoms with Crippen LogP contribution in [0.3, 0.4) is 0 Å². The van der Waals surface area contributed by atoms with Gasteiger partial charge in [0.2, 0.25) is 0 Å². The van der Waals surface area contributed by atoms with Crippen LogP contribution in [0.15, 0.2) is 6.33 Å². The molecule has 1 aromatic heterocycles. The Bertz CT molecular complexity index is 376. The summed E-state index contributed by atoms with van der Waals surface area (Å²) in [5.41, 5.74) is 0. The summed E-state index contributed by atoms with van der Waals surface area (Å²) in [6.45, 7) is 9.88. The van der Waals surface area contributed by atoms with Crippen LogP contribution in [0.2, 0.25) is 0 Å². The predicted octanol–water partition coefficient (Wildman–Crippen LogP) is 2.04. The number of aromatic nitrogens is 3. The van der Waals surface area contributed by atoms with E-state index in [9.17, 15) is 0 Å². The molecule has 1 N–H and O–H groups in total. The first-order valence-corrected chi connectivity index (χ1v) is 8.12. The molecule has 1 saturated heterocycles. The minimum absolute atomic E-state index is 0.774. The molecule has 0 radical (unpaired) electrons. The molecule has 1 aliphatic heterocycles. The van der Waals surface area contributed by atoms with E-state index >= 15 is 0 Å². The third-order valence-electron chi connectivity index (χ3n) is 4.15. The standard InChI is InChI=1S/C15H29N5/c1-3-9-20-15(17-13-18-20)12-16-8-6-11-19-10-5-4-7-14(19)2/h13-14,16H,3-12H2,1-2H3. The maximum Gasteiger partial charge on any atom is 0.140 e. The number of hydrogen-bond donors (Lipinski definition) is 1. The number of rotatable bonds is 8. The normalized spacial score (nSPS) is 20.4. The molecule has 114 valence electrons. The lowest BCUT2D eigenvalue weighted by Crippen LogP contribution is -2.38. The third-order valence-corrected chi connectivity index (χ3v) is 4.15. The van der Waals surface area contributed by atoms with Gasteiger partial charge in [-0.15, -0.1) is 0 Å². The van der Waals surface area contributed by atoms with Gasteiger partial charge in [0.1, 0.15) is 12.2 Å². The molecular weight excluding hydrogens is 250 g/mol. The highest BCUT2D eigenvalue weighted by atomic mass is 15.3. The zero-order valence-corrected chi connectivity index (χ0v) is 13.0. The van der Waals surface area contributed by atoms with Crippen molar-refractivity contribution in [2.45, 2.75) is 65.1 Å². The first kappa shape index (κ1) is 15.4. The highest BCUT2D eigenvalue weighted by Gasteiger charge is 2.16. The van der Waals surface area contributed by atoms with E-state index in [-0.39, 0.29) is 0 Å². The maximum absolute atomic E-state index is 4.31. The van der Waals surface area contributed by atoms with E-state index in [1.54, 1.807) is 6.33 Å². The van der Waals surface area contributed by atoms with Crippen molar-refractivity contribution in [2.75, 3.05) is 19.6 Å². The molecule has 0 bridgehead atoms. The molecule has 5 heteroatoms. The van der Waals surface area contributed by atoms with Gasteiger partial charge in [-0.05, 0) is 52.2 Å². The van der Waals surface area contributed by atoms with Crippen molar-refractivity contribution in [2.24, 2.45) is 0 Å². The van der Waals surface area contributed by atoms with Crippen LogP contribution in [0, 0.1) is 0 Å². The van der Waals surface area contributed by atoms with E-state index in [0.717, 1.165) is 37.9 Å². The molecule has 2 heterocycles. The summed E-state index contributed by atoms with van der Waals surface area (Å²) in [6.07, 6.45) is 8.12. The molecule has 2 rings (SSSR count). The zero-order chi connectivity index (χ0) is 14.2. The summed E-state index contributed by atoms with van der Waals surface area (Å²) in [7, 11) is 0. The average Bonchev–Trinajstić information content (AvgIpc) is 2.88. The largest absolute Gasteiger partial charge is 0.310 e. The van der Waals surface area contributed by atoms with Crippen LogP contribution in [0.4, 0.5) is 0 Å². The first-order valence-electron chi connectivity index (χ1n) is 8.12. The second kappa shape index (κ2) is 8.37. The molecule has 5 nitrogen and oxygen atoms in total. The summed E-state index contributed by atoms with van der Waals surface area (Å²) in [5, 5.41) is 7.74. The van der Waals surface area contributed by atoms with Gasteiger partial charge in [-0.3, -0.25) is 0 Å². The molecule has 1 fully saturated rings. The molecule has 20 heavy (non-hydrogen) atoms. The Labute approximate surface area is 122 Å². The Morgan fingerprint density at radius 3 is 3.05 bits per heavy atom. The Morgan fingerprint density at radius 1 is 1.35 bits per heavy atom. The molecule has 1 unspecified atom stereocenters. The van der Waals surface area contributed by atoms with Gasteiger partial charge < -0.3 is 10.2 Å². The number of aryl methyl sites for hydroxylation is 1. The summed E-state index contributed by atoms with van der Waals surface area (Å²) in [6, 6.07) is 0.774. The highest BCUT2D eigenvalue weighted by Crippen LogP contribution is 2.15. The predicted molar refractivity (Wildman–Crippen MR) is 81.5 cm³/mol. The Kier molecular flexibility index (Phi) is 6.47. The van der Waals surface area contributed by atoms with Crippen molar-refractivity contribution in [1.82, 2.24) is 25.0 Å². The van der Waals surface area contributed by atoms with Gasteiger partial charge in [0.15, 0.2) is 0 Å². The summed E-state index contributed by atoms with van der Waals surface area (Å²) >= 11 is 0. The van der Waals surface area contributed by atoms with Gasteiger partial charge in [0.05, 0.1) is 6.54 Å². The number of likely N-dealkylation sites (tertiary alicyclic amines) is 1. The van der Waals surface area contributed by atoms with E-state index in [4.69, 9.17) is 0 Å². The van der Waals surface area contributed by atoms with Crippen LogP contribution in [0.5, 0.6) is 0 Å². The molecule has 0 aromatic carbocycles. The third kappa shape index (κ3) is 4.56. The number of piperidine rings is 1. The monoisotopic (exact) mass is 279 g/mol. The fourth-order valence-corrected chi connectivity index (χ4v) is 2.92. The average molecular weight is 279 g/mol. The molecule has 1 aliphatic rings. The smallest absolute Gasteiger partial charge is 0.140 e. The number of hydrogen-bond acceptors (Lipinski definition) is 4. The van der Waals surface area contributed by atoms with Crippen molar-refractivity contribution in [3.63, 3.8) is 0 Å². The van der Waals surface area contributed by atoms with Crippen molar-refractivity contribution in [3.05, 3.63) is 12.2 Å². The molecular formula is C15H29N5. The Morgan fingerprint density at radius 2 is 2.25 bits per heavy atom. The van der Waals surface area contributed by atoms with Gasteiger partial charge in [-0.1, -0.05) is 13.3 Å². The summed E-state index contributed by atoms with van der Waals surface area (Å²) < 4.78 is 2.00. The van der Waals surface area contributed by atoms with Crippen LogP contribution in [0.25, 0.3) is 0 Å². The van der Waals surface area contributed by atoms with E-state index in [1.165, 1.54) is 38.8 Å². The van der Waals surface area contributed by atoms with Crippen molar-refractivity contribution in [1.29, 1.82) is 0 Å². The maximum atomic E-state index is 4.31. The summed E-state index contributed by atoms with van der Waals surface area (Å²) in [4.78, 5) is 6.94. The van der Waals surface area contributed by atoms with Crippen LogP contribution < -0.4 is 5.32 Å². The van der Waals surface area contributed by atoms with Gasteiger partial charge in [0, 0.05) is 12.6 Å². The SMILES string of the molecule is CCCn1ncnc1CNCCCN1CCCCC1C. The molecule has 1 atom stereocenters. The minimum atomic E-state index is 0.774. The van der Waals surface area contributed by atoms with E-state index in [1.807, 2.05) is 4.68 Å². The molecule has 0 saturated carbocycles. The minimum Gasteiger partial charge on any atom is -0.310 e. The van der Waals surface area contributed by atoms with Gasteiger partial charge in [-0.2, -0.15) is 5.10 Å². The quantitative estimate of drug-likeness (QED) is 0.740. The van der Waals surface area contributed by atoms with Crippen LogP contribution >= 0.6 is 0 Å². The van der Waals surface area contributed by atoms with Gasteiger partial charge in [0.25, 0.3) is 0 Å². The van der Waals surface area contributed by atoms with Crippen molar-refractivity contribution < 1.29 is 0 Å². The zero-order valence-electron chi connectivity index (χ0n) is 13.0. The highest BCUT2D eigenvalue weighted by molar-refractivity contribution is 4.83. The molecule has 0 aliphatic carbocycles. The van der Waals surface area contributed by atoms with Crippen LogP contribution in [0.1, 0.15) is 51.8 Å². The lowest BCUT2D eigenvalue weighted by atomic mass is 10.0. The van der Waals surface area contributed by atoms with E-state index in [2.05, 4.69) is 34.1 Å². The second-order valence-electron chi connectivity index (χ2n) is 5.81. The lowest BCUT2D eigenvalue weighted by Gasteiger charge is -2.33. The second-order valence-corrected chi connectivity index (χ2v) is 5.81. The van der Waals surface area contributed by atoms with Crippen LogP contribution in [-0.2, 0) is 13.1 Å².